The van der Waals surface area contributed by atoms with Crippen LogP contribution in [0.15, 0.2) is 71.8 Å². The lowest BCUT2D eigenvalue weighted by molar-refractivity contribution is 0.451. The van der Waals surface area contributed by atoms with Gasteiger partial charge in [-0.3, -0.25) is 4.31 Å². The van der Waals surface area contributed by atoms with E-state index in [9.17, 15) is 8.42 Å². The summed E-state index contributed by atoms with van der Waals surface area (Å²) in [5.41, 5.74) is 2.39. The van der Waals surface area contributed by atoms with Crippen LogP contribution in [0.1, 0.15) is 17.5 Å². The number of sulfonamides is 1. The van der Waals surface area contributed by atoms with E-state index in [1.165, 1.54) is 9.87 Å². The molecule has 3 nitrogen and oxygen atoms in total. The molecular formula is C19H19NO2S. The van der Waals surface area contributed by atoms with Crippen LogP contribution in [0.25, 0.3) is 0 Å². The molecule has 2 aromatic rings. The Morgan fingerprint density at radius 3 is 2.39 bits per heavy atom. The highest BCUT2D eigenvalue weighted by atomic mass is 32.2. The summed E-state index contributed by atoms with van der Waals surface area (Å²) < 4.78 is 27.1. The highest BCUT2D eigenvalue weighted by Crippen LogP contribution is 2.57. The summed E-state index contributed by atoms with van der Waals surface area (Å²) in [5, 5.41) is 0. The largest absolute Gasteiger partial charge is 0.273 e. The lowest BCUT2D eigenvalue weighted by atomic mass is 9.92. The second-order valence-corrected chi connectivity index (χ2v) is 8.40. The van der Waals surface area contributed by atoms with E-state index in [0.717, 1.165) is 12.0 Å². The molecule has 118 valence electrons. The van der Waals surface area contributed by atoms with E-state index in [1.54, 1.807) is 18.3 Å². The van der Waals surface area contributed by atoms with Gasteiger partial charge in [0.25, 0.3) is 10.0 Å². The zero-order valence-electron chi connectivity index (χ0n) is 13.0. The molecule has 2 atom stereocenters. The Kier molecular flexibility index (Phi) is 3.13. The van der Waals surface area contributed by atoms with E-state index in [1.807, 2.05) is 37.3 Å². The minimum absolute atomic E-state index is 0.0422. The van der Waals surface area contributed by atoms with Crippen molar-refractivity contribution >= 4 is 10.0 Å². The van der Waals surface area contributed by atoms with Gasteiger partial charge in [-0.1, -0.05) is 54.1 Å². The first kappa shape index (κ1) is 14.5. The third kappa shape index (κ3) is 2.29. The first-order chi connectivity index (χ1) is 11.0. The minimum atomic E-state index is -3.45. The molecule has 0 saturated heterocycles. The molecule has 1 unspecified atom stereocenters. The van der Waals surface area contributed by atoms with Crippen molar-refractivity contribution in [2.75, 3.05) is 6.54 Å². The number of benzene rings is 2. The number of rotatable bonds is 3. The summed E-state index contributed by atoms with van der Waals surface area (Å²) in [6, 6.07) is 17.4. The van der Waals surface area contributed by atoms with Crippen molar-refractivity contribution < 1.29 is 8.42 Å². The fourth-order valence-corrected chi connectivity index (χ4v) is 4.84. The molecule has 2 aliphatic rings. The summed E-state index contributed by atoms with van der Waals surface area (Å²) in [5.74, 6) is 0.370. The van der Waals surface area contributed by atoms with E-state index in [-0.39, 0.29) is 5.41 Å². The number of hydrogen-bond acceptors (Lipinski definition) is 2. The molecule has 2 aromatic carbocycles. The molecule has 1 heterocycles. The fraction of sp³-hybridized carbons (Fsp3) is 0.263. The molecule has 23 heavy (non-hydrogen) atoms. The van der Waals surface area contributed by atoms with Gasteiger partial charge in [0.2, 0.25) is 0 Å². The van der Waals surface area contributed by atoms with Crippen LogP contribution in [-0.2, 0) is 15.4 Å². The van der Waals surface area contributed by atoms with Crippen molar-refractivity contribution in [2.24, 2.45) is 5.92 Å². The SMILES string of the molecule is Cc1ccc(S(=O)(=O)N2C=C[C@]3(c4ccccc4)CC3C2)cc1. The smallest absolute Gasteiger partial charge is 0.263 e. The number of allylic oxidation sites excluding steroid dienone is 1. The van der Waals surface area contributed by atoms with Crippen molar-refractivity contribution in [2.45, 2.75) is 23.7 Å². The van der Waals surface area contributed by atoms with Crippen LogP contribution in [0.4, 0.5) is 0 Å². The average Bonchev–Trinajstić information content (AvgIpc) is 3.31. The summed E-state index contributed by atoms with van der Waals surface area (Å²) >= 11 is 0. The van der Waals surface area contributed by atoms with Crippen LogP contribution in [0.2, 0.25) is 0 Å². The average molecular weight is 325 g/mol. The molecule has 1 saturated carbocycles. The van der Waals surface area contributed by atoms with Gasteiger partial charge < -0.3 is 0 Å². The van der Waals surface area contributed by atoms with Crippen LogP contribution in [0, 0.1) is 12.8 Å². The molecule has 0 radical (unpaired) electrons. The zero-order valence-corrected chi connectivity index (χ0v) is 13.8. The van der Waals surface area contributed by atoms with E-state index in [4.69, 9.17) is 0 Å². The van der Waals surface area contributed by atoms with Crippen LogP contribution in [0.3, 0.4) is 0 Å². The first-order valence-electron chi connectivity index (χ1n) is 7.86. The van der Waals surface area contributed by atoms with E-state index in [2.05, 4.69) is 18.2 Å². The predicted octanol–water partition coefficient (Wildman–Crippen LogP) is 3.47. The number of fused-ring (bicyclic) bond motifs is 1. The molecule has 0 amide bonds. The molecular weight excluding hydrogens is 306 g/mol. The molecule has 4 heteroatoms. The van der Waals surface area contributed by atoms with Gasteiger partial charge in [0, 0.05) is 18.2 Å². The monoisotopic (exact) mass is 325 g/mol. The highest BCUT2D eigenvalue weighted by molar-refractivity contribution is 7.89. The summed E-state index contributed by atoms with van der Waals surface area (Å²) in [4.78, 5) is 0.362. The molecule has 0 N–H and O–H groups in total. The van der Waals surface area contributed by atoms with E-state index in [0.29, 0.717) is 17.4 Å². The van der Waals surface area contributed by atoms with Gasteiger partial charge in [-0.05, 0) is 37.0 Å². The lowest BCUT2D eigenvalue weighted by Crippen LogP contribution is -2.32. The van der Waals surface area contributed by atoms with Gasteiger partial charge >= 0.3 is 0 Å². The Morgan fingerprint density at radius 2 is 1.74 bits per heavy atom. The predicted molar refractivity (Wildman–Crippen MR) is 90.4 cm³/mol. The molecule has 0 aromatic heterocycles. The summed E-state index contributed by atoms with van der Waals surface area (Å²) in [7, 11) is -3.45. The Labute approximate surface area is 137 Å². The van der Waals surface area contributed by atoms with Crippen molar-refractivity contribution in [3.05, 3.63) is 78.0 Å². The van der Waals surface area contributed by atoms with Crippen molar-refractivity contribution in [3.63, 3.8) is 0 Å². The Morgan fingerprint density at radius 1 is 1.04 bits per heavy atom. The molecule has 4 rings (SSSR count). The standard InChI is InChI=1S/C19H19NO2S/c1-15-7-9-18(10-8-15)23(21,22)20-12-11-19(13-17(19)14-20)16-5-3-2-4-6-16/h2-12,17H,13-14H2,1H3/t17?,19-/m1/s1. The molecule has 1 aliphatic heterocycles. The summed E-state index contributed by atoms with van der Waals surface area (Å²) in [6.45, 7) is 2.51. The van der Waals surface area contributed by atoms with Crippen molar-refractivity contribution in [3.8, 4) is 0 Å². The topological polar surface area (TPSA) is 37.4 Å². The summed E-state index contributed by atoms with van der Waals surface area (Å²) in [6.07, 6.45) is 4.85. The van der Waals surface area contributed by atoms with Crippen LogP contribution >= 0.6 is 0 Å². The lowest BCUT2D eigenvalue weighted by Gasteiger charge is -2.27. The minimum Gasteiger partial charge on any atom is -0.273 e. The third-order valence-electron chi connectivity index (χ3n) is 5.03. The van der Waals surface area contributed by atoms with Gasteiger partial charge in [0.1, 0.15) is 0 Å². The fourth-order valence-electron chi connectivity index (χ4n) is 3.50. The van der Waals surface area contributed by atoms with Gasteiger partial charge in [-0.2, -0.15) is 0 Å². The molecule has 0 spiro atoms. The van der Waals surface area contributed by atoms with Crippen LogP contribution in [-0.4, -0.2) is 19.3 Å². The number of nitrogens with zero attached hydrogens (tertiary/aromatic N) is 1. The maximum absolute atomic E-state index is 12.8. The first-order valence-corrected chi connectivity index (χ1v) is 9.30. The third-order valence-corrected chi connectivity index (χ3v) is 6.79. The van der Waals surface area contributed by atoms with Crippen LogP contribution in [0.5, 0.6) is 0 Å². The molecule has 0 bridgehead atoms. The van der Waals surface area contributed by atoms with E-state index >= 15 is 0 Å². The highest BCUT2D eigenvalue weighted by Gasteiger charge is 2.56. The number of aryl methyl sites for hydroxylation is 1. The molecule has 1 aliphatic carbocycles. The van der Waals surface area contributed by atoms with Gasteiger partial charge in [0.15, 0.2) is 0 Å². The van der Waals surface area contributed by atoms with Gasteiger partial charge in [0.05, 0.1) is 4.90 Å². The zero-order chi connectivity index (χ0) is 16.1. The Balaban J connectivity index is 1.63. The maximum Gasteiger partial charge on any atom is 0.263 e. The van der Waals surface area contributed by atoms with Crippen molar-refractivity contribution in [1.29, 1.82) is 0 Å². The van der Waals surface area contributed by atoms with Gasteiger partial charge in [-0.25, -0.2) is 8.42 Å². The molecule has 1 fully saturated rings. The van der Waals surface area contributed by atoms with Crippen molar-refractivity contribution in [1.82, 2.24) is 4.31 Å². The maximum atomic E-state index is 12.8. The Hall–Kier alpha value is -2.07. The second kappa shape index (κ2) is 4.96. The normalized spacial score (nSPS) is 26.0. The van der Waals surface area contributed by atoms with Gasteiger partial charge in [-0.15, -0.1) is 0 Å². The van der Waals surface area contributed by atoms with Crippen LogP contribution < -0.4 is 0 Å². The Bertz CT molecular complexity index is 856. The number of hydrogen-bond donors (Lipinski definition) is 0. The van der Waals surface area contributed by atoms with E-state index < -0.39 is 10.0 Å². The quantitative estimate of drug-likeness (QED) is 0.866. The second-order valence-electron chi connectivity index (χ2n) is 6.51.